The normalized spacial score (nSPS) is 12.5. The Morgan fingerprint density at radius 3 is 2.47 bits per heavy atom. The van der Waals surface area contributed by atoms with Gasteiger partial charge in [-0.15, -0.1) is 0 Å². The summed E-state index contributed by atoms with van der Waals surface area (Å²) < 4.78 is 0. The van der Waals surface area contributed by atoms with Gasteiger partial charge in [-0.05, 0) is 5.56 Å². The van der Waals surface area contributed by atoms with E-state index in [0.717, 1.165) is 5.56 Å². The zero-order valence-electron chi connectivity index (χ0n) is 8.47. The molecular formula is C10H15NO3P+. The van der Waals surface area contributed by atoms with Crippen molar-refractivity contribution >= 4 is 14.3 Å². The topological polar surface area (TPSA) is 69.6 Å². The Morgan fingerprint density at radius 2 is 2.00 bits per heavy atom. The Hall–Kier alpha value is -0.960. The summed E-state index contributed by atoms with van der Waals surface area (Å²) in [6, 6.07) is 9.42. The lowest BCUT2D eigenvalue weighted by molar-refractivity contribution is -0.119. The van der Waals surface area contributed by atoms with Crippen molar-refractivity contribution in [1.29, 1.82) is 0 Å². The lowest BCUT2D eigenvalue weighted by Crippen LogP contribution is -2.33. The number of carbonyl (C=O) groups is 1. The highest BCUT2D eigenvalue weighted by atomic mass is 31.2. The zero-order chi connectivity index (χ0) is 11.3. The smallest absolute Gasteiger partial charge is 0.278 e. The molecule has 82 valence electrons. The van der Waals surface area contributed by atoms with Crippen LogP contribution in [0.4, 0.5) is 0 Å². The van der Waals surface area contributed by atoms with E-state index >= 15 is 0 Å². The largest absolute Gasteiger partial charge is 0.317 e. The molecule has 0 spiro atoms. The van der Waals surface area contributed by atoms with Crippen LogP contribution in [0, 0.1) is 0 Å². The highest BCUT2D eigenvalue weighted by Gasteiger charge is 2.25. The Labute approximate surface area is 89.9 Å². The van der Waals surface area contributed by atoms with Crippen molar-refractivity contribution in [3.05, 3.63) is 35.9 Å². The third kappa shape index (κ3) is 4.38. The van der Waals surface area contributed by atoms with Gasteiger partial charge in [-0.3, -0.25) is 4.79 Å². The molecule has 0 fully saturated rings. The second-order valence-electron chi connectivity index (χ2n) is 3.30. The molecule has 4 nitrogen and oxygen atoms in total. The van der Waals surface area contributed by atoms with Gasteiger partial charge in [0.1, 0.15) is 0 Å². The number of hydrogen-bond acceptors (Lipinski definition) is 3. The minimum Gasteiger partial charge on any atom is -0.317 e. The summed E-state index contributed by atoms with van der Waals surface area (Å²) in [4.78, 5) is 29.2. The molecule has 1 rings (SSSR count). The first kappa shape index (κ1) is 12.1. The maximum atomic E-state index is 10.8. The molecule has 5 heteroatoms. The van der Waals surface area contributed by atoms with Gasteiger partial charge in [-0.25, -0.2) is 9.79 Å². The maximum absolute atomic E-state index is 10.8. The molecule has 1 atom stereocenters. The van der Waals surface area contributed by atoms with Crippen LogP contribution in [0.15, 0.2) is 30.3 Å². The van der Waals surface area contributed by atoms with Crippen molar-refractivity contribution < 1.29 is 14.6 Å². The predicted molar refractivity (Wildman–Crippen MR) is 60.5 cm³/mol. The Balaban J connectivity index is 2.63. The summed E-state index contributed by atoms with van der Waals surface area (Å²) in [6.07, 6.45) is 0.446. The second kappa shape index (κ2) is 5.81. The SMILES string of the molecule is CC(=O)N[C@H](Cc1ccccc1)[PH+](O)O. The number of benzene rings is 1. The highest BCUT2D eigenvalue weighted by molar-refractivity contribution is 7.45. The molecule has 0 aliphatic carbocycles. The van der Waals surface area contributed by atoms with E-state index in [4.69, 9.17) is 9.79 Å². The van der Waals surface area contributed by atoms with Crippen LogP contribution in [-0.2, 0) is 11.2 Å². The van der Waals surface area contributed by atoms with Crippen LogP contribution in [0.5, 0.6) is 0 Å². The van der Waals surface area contributed by atoms with Crippen LogP contribution in [0.1, 0.15) is 12.5 Å². The van der Waals surface area contributed by atoms with Crippen LogP contribution < -0.4 is 5.32 Å². The molecular weight excluding hydrogens is 213 g/mol. The standard InChI is InChI=1S/C10H14NO3P/c1-8(12)11-10(15(13)14)7-9-5-3-2-4-6-9/h2-6,10,13-14H,7H2,1H3,(H,11,12)/p+1/t10-/m0/s1. The van der Waals surface area contributed by atoms with E-state index in [1.54, 1.807) is 0 Å². The summed E-state index contributed by atoms with van der Waals surface area (Å²) >= 11 is 0. The van der Waals surface area contributed by atoms with Gasteiger partial charge in [0.2, 0.25) is 5.91 Å². The van der Waals surface area contributed by atoms with E-state index in [0.29, 0.717) is 6.42 Å². The van der Waals surface area contributed by atoms with Crippen molar-refractivity contribution in [3.8, 4) is 0 Å². The molecule has 0 bridgehead atoms. The third-order valence-corrected chi connectivity index (χ3v) is 2.94. The minimum absolute atomic E-state index is 0.249. The lowest BCUT2D eigenvalue weighted by atomic mass is 10.1. The molecule has 1 amide bonds. The lowest BCUT2D eigenvalue weighted by Gasteiger charge is -2.12. The summed E-state index contributed by atoms with van der Waals surface area (Å²) in [6.45, 7) is 1.36. The van der Waals surface area contributed by atoms with Crippen molar-refractivity contribution in [2.24, 2.45) is 0 Å². The van der Waals surface area contributed by atoms with E-state index in [-0.39, 0.29) is 5.91 Å². The molecule has 0 saturated heterocycles. The van der Waals surface area contributed by atoms with Crippen LogP contribution in [0.2, 0.25) is 0 Å². The molecule has 1 aromatic carbocycles. The fraction of sp³-hybridized carbons (Fsp3) is 0.300. The van der Waals surface area contributed by atoms with E-state index in [1.807, 2.05) is 30.3 Å². The Bertz CT molecular complexity index is 316. The molecule has 0 aromatic heterocycles. The second-order valence-corrected chi connectivity index (χ2v) is 4.71. The van der Waals surface area contributed by atoms with Gasteiger partial charge < -0.3 is 5.32 Å². The summed E-state index contributed by atoms with van der Waals surface area (Å²) in [5.74, 6) is -0.809. The van der Waals surface area contributed by atoms with E-state index < -0.39 is 14.2 Å². The van der Waals surface area contributed by atoms with Crippen LogP contribution >= 0.6 is 8.38 Å². The summed E-state index contributed by atoms with van der Waals surface area (Å²) in [5.41, 5.74) is 0.974. The summed E-state index contributed by atoms with van der Waals surface area (Å²) in [7, 11) is -2.50. The van der Waals surface area contributed by atoms with Crippen molar-refractivity contribution in [1.82, 2.24) is 5.32 Å². The van der Waals surface area contributed by atoms with Crippen molar-refractivity contribution in [3.63, 3.8) is 0 Å². The predicted octanol–water partition coefficient (Wildman–Crippen LogP) is 0.720. The van der Waals surface area contributed by atoms with Gasteiger partial charge in [0, 0.05) is 13.3 Å². The van der Waals surface area contributed by atoms with E-state index in [1.165, 1.54) is 6.92 Å². The average molecular weight is 228 g/mol. The first-order valence-corrected chi connectivity index (χ1v) is 6.12. The third-order valence-electron chi connectivity index (χ3n) is 1.97. The minimum atomic E-state index is -2.50. The number of rotatable bonds is 4. The molecule has 0 heterocycles. The quantitative estimate of drug-likeness (QED) is 0.665. The van der Waals surface area contributed by atoms with Gasteiger partial charge in [0.05, 0.1) is 0 Å². The number of hydrogen-bond donors (Lipinski definition) is 3. The van der Waals surface area contributed by atoms with E-state index in [9.17, 15) is 4.79 Å². The van der Waals surface area contributed by atoms with Gasteiger partial charge in [0.25, 0.3) is 8.38 Å². The maximum Gasteiger partial charge on any atom is 0.278 e. The number of nitrogens with one attached hydrogen (secondary N) is 1. The molecule has 0 radical (unpaired) electrons. The van der Waals surface area contributed by atoms with Crippen LogP contribution in [0.25, 0.3) is 0 Å². The first-order chi connectivity index (χ1) is 7.09. The van der Waals surface area contributed by atoms with Crippen LogP contribution in [0.3, 0.4) is 0 Å². The molecule has 0 saturated carbocycles. The average Bonchev–Trinajstić information content (AvgIpc) is 2.17. The number of amides is 1. The van der Waals surface area contributed by atoms with Crippen molar-refractivity contribution in [2.45, 2.75) is 19.1 Å². The van der Waals surface area contributed by atoms with Gasteiger partial charge >= 0.3 is 0 Å². The Morgan fingerprint density at radius 1 is 1.40 bits per heavy atom. The number of carbonyl (C=O) groups excluding carboxylic acids is 1. The molecule has 0 unspecified atom stereocenters. The Kier molecular flexibility index (Phi) is 4.69. The highest BCUT2D eigenvalue weighted by Crippen LogP contribution is 2.31. The zero-order valence-corrected chi connectivity index (χ0v) is 9.47. The summed E-state index contributed by atoms with van der Waals surface area (Å²) in [5, 5.41) is 2.53. The molecule has 1 aromatic rings. The van der Waals surface area contributed by atoms with Crippen molar-refractivity contribution in [2.75, 3.05) is 0 Å². The van der Waals surface area contributed by atoms with E-state index in [2.05, 4.69) is 5.32 Å². The molecule has 15 heavy (non-hydrogen) atoms. The van der Waals surface area contributed by atoms with Gasteiger partial charge in [-0.1, -0.05) is 30.3 Å². The fourth-order valence-electron chi connectivity index (χ4n) is 1.30. The molecule has 0 aliphatic rings. The fourth-order valence-corrected chi connectivity index (χ4v) is 2.05. The van der Waals surface area contributed by atoms with Crippen LogP contribution in [-0.4, -0.2) is 21.5 Å². The molecule has 3 N–H and O–H groups in total. The molecule has 0 aliphatic heterocycles. The monoisotopic (exact) mass is 228 g/mol. The first-order valence-electron chi connectivity index (χ1n) is 4.65. The van der Waals surface area contributed by atoms with Gasteiger partial charge in [0.15, 0.2) is 5.78 Å². The van der Waals surface area contributed by atoms with Gasteiger partial charge in [-0.2, -0.15) is 0 Å².